The van der Waals surface area contributed by atoms with Gasteiger partial charge in [0.1, 0.15) is 17.2 Å². The van der Waals surface area contributed by atoms with E-state index < -0.39 is 0 Å². The summed E-state index contributed by atoms with van der Waals surface area (Å²) >= 11 is 0. The van der Waals surface area contributed by atoms with Crippen molar-refractivity contribution in [1.82, 2.24) is 9.38 Å². The highest BCUT2D eigenvalue weighted by atomic mass is 16.5. The summed E-state index contributed by atoms with van der Waals surface area (Å²) in [7, 11) is 3.28. The number of pyridine rings is 1. The molecule has 4 aromatic rings. The van der Waals surface area contributed by atoms with Crippen LogP contribution in [0.3, 0.4) is 0 Å². The van der Waals surface area contributed by atoms with Gasteiger partial charge in [0, 0.05) is 18.3 Å². The molecule has 142 valence electrons. The average molecular weight is 373 g/mol. The van der Waals surface area contributed by atoms with Crippen molar-refractivity contribution >= 4 is 11.5 Å². The second-order valence-corrected chi connectivity index (χ2v) is 6.65. The summed E-state index contributed by atoms with van der Waals surface area (Å²) in [6.45, 7) is 2.79. The van der Waals surface area contributed by atoms with E-state index in [1.807, 2.05) is 42.5 Å². The number of nitrogens with one attached hydrogen (secondary N) is 1. The van der Waals surface area contributed by atoms with Crippen LogP contribution in [0.25, 0.3) is 16.9 Å². The van der Waals surface area contributed by atoms with Crippen LogP contribution in [0.15, 0.2) is 66.9 Å². The Morgan fingerprint density at radius 1 is 0.929 bits per heavy atom. The first-order valence-electron chi connectivity index (χ1n) is 9.18. The molecule has 2 heterocycles. The Morgan fingerprint density at radius 2 is 1.71 bits per heavy atom. The molecule has 0 saturated carbocycles. The van der Waals surface area contributed by atoms with Gasteiger partial charge in [-0.3, -0.25) is 4.40 Å². The topological polar surface area (TPSA) is 47.8 Å². The molecule has 0 aliphatic rings. The van der Waals surface area contributed by atoms with E-state index in [0.717, 1.165) is 22.7 Å². The molecule has 0 fully saturated rings. The van der Waals surface area contributed by atoms with Gasteiger partial charge in [-0.2, -0.15) is 0 Å². The molecule has 0 spiro atoms. The molecule has 0 aliphatic heterocycles. The molecule has 0 atom stereocenters. The SMILES string of the molecule is COc1ccc(-c2nc3ccc(C)cn3c2NCc2ccccc2)cc1OC. The van der Waals surface area contributed by atoms with Crippen LogP contribution in [0, 0.1) is 6.92 Å². The van der Waals surface area contributed by atoms with Gasteiger partial charge < -0.3 is 14.8 Å². The highest BCUT2D eigenvalue weighted by Gasteiger charge is 2.16. The third-order valence-corrected chi connectivity index (χ3v) is 4.73. The number of anilines is 1. The number of hydrogen-bond donors (Lipinski definition) is 1. The fourth-order valence-corrected chi connectivity index (χ4v) is 3.29. The Kier molecular flexibility index (Phi) is 4.89. The molecule has 4 rings (SSSR count). The van der Waals surface area contributed by atoms with Gasteiger partial charge in [0.15, 0.2) is 11.5 Å². The predicted molar refractivity (Wildman–Crippen MR) is 112 cm³/mol. The molecule has 2 aromatic heterocycles. The van der Waals surface area contributed by atoms with Gasteiger partial charge in [0.05, 0.1) is 14.2 Å². The number of imidazole rings is 1. The minimum absolute atomic E-state index is 0.683. The number of benzene rings is 2. The van der Waals surface area contributed by atoms with Crippen molar-refractivity contribution in [3.05, 3.63) is 78.0 Å². The molecule has 5 heteroatoms. The molecular weight excluding hydrogens is 350 g/mol. The first-order chi connectivity index (χ1) is 13.7. The number of methoxy groups -OCH3 is 2. The minimum atomic E-state index is 0.683. The molecule has 0 aliphatic carbocycles. The summed E-state index contributed by atoms with van der Waals surface area (Å²) in [5.74, 6) is 2.33. The van der Waals surface area contributed by atoms with Gasteiger partial charge in [-0.15, -0.1) is 0 Å². The van der Waals surface area contributed by atoms with Gasteiger partial charge >= 0.3 is 0 Å². The zero-order chi connectivity index (χ0) is 19.5. The zero-order valence-corrected chi connectivity index (χ0v) is 16.3. The monoisotopic (exact) mass is 373 g/mol. The van der Waals surface area contributed by atoms with Crippen LogP contribution in [-0.4, -0.2) is 23.6 Å². The lowest BCUT2D eigenvalue weighted by atomic mass is 10.1. The molecular formula is C23H23N3O2. The fourth-order valence-electron chi connectivity index (χ4n) is 3.29. The zero-order valence-electron chi connectivity index (χ0n) is 16.3. The van der Waals surface area contributed by atoms with Gasteiger partial charge in [-0.25, -0.2) is 4.98 Å². The summed E-state index contributed by atoms with van der Waals surface area (Å²) in [5, 5.41) is 3.57. The largest absolute Gasteiger partial charge is 0.493 e. The number of fused-ring (bicyclic) bond motifs is 1. The Labute approximate surface area is 164 Å². The van der Waals surface area contributed by atoms with Crippen LogP contribution in [0.2, 0.25) is 0 Å². The number of hydrogen-bond acceptors (Lipinski definition) is 4. The van der Waals surface area contributed by atoms with Crippen molar-refractivity contribution < 1.29 is 9.47 Å². The lowest BCUT2D eigenvalue weighted by Crippen LogP contribution is -2.03. The standard InChI is InChI=1S/C23H23N3O2/c1-16-9-12-21-25-22(18-10-11-19(27-2)20(13-18)28-3)23(26(21)15-16)24-14-17-7-5-4-6-8-17/h4-13,15,24H,14H2,1-3H3. The molecule has 5 nitrogen and oxygen atoms in total. The van der Waals surface area contributed by atoms with Crippen molar-refractivity contribution in [1.29, 1.82) is 0 Å². The van der Waals surface area contributed by atoms with Crippen molar-refractivity contribution in [2.75, 3.05) is 19.5 Å². The Morgan fingerprint density at radius 3 is 2.46 bits per heavy atom. The van der Waals surface area contributed by atoms with Gasteiger partial charge in [0.2, 0.25) is 0 Å². The number of nitrogens with zero attached hydrogens (tertiary/aromatic N) is 2. The van der Waals surface area contributed by atoms with Crippen LogP contribution in [0.5, 0.6) is 11.5 Å². The van der Waals surface area contributed by atoms with Crippen molar-refractivity contribution in [2.24, 2.45) is 0 Å². The predicted octanol–water partition coefficient (Wildman–Crippen LogP) is 4.94. The van der Waals surface area contributed by atoms with E-state index in [9.17, 15) is 0 Å². The van der Waals surface area contributed by atoms with Crippen molar-refractivity contribution in [2.45, 2.75) is 13.5 Å². The van der Waals surface area contributed by atoms with Gasteiger partial charge in [-0.05, 0) is 42.3 Å². The van der Waals surface area contributed by atoms with Crippen LogP contribution in [-0.2, 0) is 6.54 Å². The maximum atomic E-state index is 5.48. The van der Waals surface area contributed by atoms with Crippen molar-refractivity contribution in [3.63, 3.8) is 0 Å². The normalized spacial score (nSPS) is 10.8. The Hall–Kier alpha value is -3.47. The van der Waals surface area contributed by atoms with E-state index in [0.29, 0.717) is 18.0 Å². The van der Waals surface area contributed by atoms with E-state index >= 15 is 0 Å². The lowest BCUT2D eigenvalue weighted by molar-refractivity contribution is 0.355. The average Bonchev–Trinajstić information content (AvgIpc) is 3.10. The molecule has 2 aromatic carbocycles. The first-order valence-corrected chi connectivity index (χ1v) is 9.18. The summed E-state index contributed by atoms with van der Waals surface area (Å²) in [6, 6.07) is 20.3. The van der Waals surface area contributed by atoms with E-state index in [2.05, 4.69) is 41.0 Å². The van der Waals surface area contributed by atoms with Crippen LogP contribution < -0.4 is 14.8 Å². The lowest BCUT2D eigenvalue weighted by Gasteiger charge is -2.11. The van der Waals surface area contributed by atoms with Gasteiger partial charge in [-0.1, -0.05) is 36.4 Å². The van der Waals surface area contributed by atoms with E-state index in [1.54, 1.807) is 14.2 Å². The maximum absolute atomic E-state index is 5.48. The quantitative estimate of drug-likeness (QED) is 0.520. The molecule has 0 bridgehead atoms. The molecule has 28 heavy (non-hydrogen) atoms. The second kappa shape index (κ2) is 7.64. The summed E-state index contributed by atoms with van der Waals surface area (Å²) in [6.07, 6.45) is 2.10. The molecule has 1 N–H and O–H groups in total. The van der Waals surface area contributed by atoms with Crippen LogP contribution in [0.1, 0.15) is 11.1 Å². The van der Waals surface area contributed by atoms with Crippen LogP contribution in [0.4, 0.5) is 5.82 Å². The molecule has 0 radical (unpaired) electrons. The van der Waals surface area contributed by atoms with E-state index in [-0.39, 0.29) is 0 Å². The number of rotatable bonds is 6. The van der Waals surface area contributed by atoms with Gasteiger partial charge in [0.25, 0.3) is 0 Å². The van der Waals surface area contributed by atoms with E-state index in [1.165, 1.54) is 11.1 Å². The Bertz CT molecular complexity index is 1100. The fraction of sp³-hybridized carbons (Fsp3) is 0.174. The van der Waals surface area contributed by atoms with Crippen LogP contribution >= 0.6 is 0 Å². The number of aromatic nitrogens is 2. The highest BCUT2D eigenvalue weighted by molar-refractivity contribution is 5.78. The number of ether oxygens (including phenoxy) is 2. The summed E-state index contributed by atoms with van der Waals surface area (Å²) in [4.78, 5) is 4.87. The maximum Gasteiger partial charge on any atom is 0.161 e. The first kappa shape index (κ1) is 17.9. The molecule has 0 amide bonds. The summed E-state index contributed by atoms with van der Waals surface area (Å²) in [5.41, 5.74) is 5.12. The molecule has 0 unspecified atom stereocenters. The Balaban J connectivity index is 1.81. The minimum Gasteiger partial charge on any atom is -0.493 e. The number of aryl methyl sites for hydroxylation is 1. The smallest absolute Gasteiger partial charge is 0.161 e. The molecule has 0 saturated heterocycles. The third-order valence-electron chi connectivity index (χ3n) is 4.73. The second-order valence-electron chi connectivity index (χ2n) is 6.65. The summed E-state index contributed by atoms with van der Waals surface area (Å²) < 4.78 is 13.0. The third kappa shape index (κ3) is 3.39. The van der Waals surface area contributed by atoms with E-state index in [4.69, 9.17) is 14.5 Å². The highest BCUT2D eigenvalue weighted by Crippen LogP contribution is 2.35. The van der Waals surface area contributed by atoms with Crippen molar-refractivity contribution in [3.8, 4) is 22.8 Å².